The maximum atomic E-state index is 9.69. The molecule has 0 radical (unpaired) electrons. The van der Waals surface area contributed by atoms with Crippen LogP contribution >= 0.6 is 15.9 Å². The lowest BCUT2D eigenvalue weighted by atomic mass is 10.1. The molecule has 118 valence electrons. The Morgan fingerprint density at radius 2 is 2.18 bits per heavy atom. The SMILES string of the molecule is CC1(C)O[C@@H]2[C@@H](CO)C[C@@H](n3cc(Br)c4cncnc43)[C@@H]2O1. The molecule has 2 aliphatic rings. The molecule has 1 N–H and O–H groups in total. The monoisotopic (exact) mass is 367 g/mol. The second kappa shape index (κ2) is 4.99. The predicted octanol–water partition coefficient (Wildman–Crippen LogP) is 2.27. The Morgan fingerprint density at radius 3 is 2.95 bits per heavy atom. The zero-order valence-electron chi connectivity index (χ0n) is 12.4. The third-order valence-corrected chi connectivity index (χ3v) is 5.22. The molecule has 2 aromatic rings. The molecule has 0 amide bonds. The van der Waals surface area contributed by atoms with Crippen LogP contribution in [0.4, 0.5) is 0 Å². The van der Waals surface area contributed by atoms with Crippen molar-refractivity contribution in [3.63, 3.8) is 0 Å². The Kier molecular flexibility index (Phi) is 3.30. The van der Waals surface area contributed by atoms with Gasteiger partial charge in [0.25, 0.3) is 0 Å². The first-order chi connectivity index (χ1) is 10.5. The van der Waals surface area contributed by atoms with Crippen molar-refractivity contribution in [3.05, 3.63) is 23.2 Å². The van der Waals surface area contributed by atoms with Crippen molar-refractivity contribution < 1.29 is 14.6 Å². The minimum Gasteiger partial charge on any atom is -0.396 e. The Morgan fingerprint density at radius 1 is 1.41 bits per heavy atom. The number of rotatable bonds is 2. The summed E-state index contributed by atoms with van der Waals surface area (Å²) in [7, 11) is 0. The highest BCUT2D eigenvalue weighted by Crippen LogP contribution is 2.47. The van der Waals surface area contributed by atoms with Gasteiger partial charge in [0.1, 0.15) is 18.1 Å². The quantitative estimate of drug-likeness (QED) is 0.881. The lowest BCUT2D eigenvalue weighted by Crippen LogP contribution is -2.27. The van der Waals surface area contributed by atoms with Crippen LogP contribution in [0.1, 0.15) is 26.3 Å². The summed E-state index contributed by atoms with van der Waals surface area (Å²) in [6.45, 7) is 3.94. The number of aliphatic hydroxyl groups excluding tert-OH is 1. The van der Waals surface area contributed by atoms with Gasteiger partial charge in [-0.1, -0.05) is 0 Å². The van der Waals surface area contributed by atoms with E-state index in [0.29, 0.717) is 0 Å². The van der Waals surface area contributed by atoms with Crippen LogP contribution in [0.5, 0.6) is 0 Å². The zero-order chi connectivity index (χ0) is 15.5. The summed E-state index contributed by atoms with van der Waals surface area (Å²) in [5.74, 6) is -0.536. The molecule has 4 atom stereocenters. The Bertz CT molecular complexity index is 717. The lowest BCUT2D eigenvalue weighted by Gasteiger charge is -2.24. The summed E-state index contributed by atoms with van der Waals surface area (Å²) in [6.07, 6.45) is 6.02. The molecule has 0 bridgehead atoms. The number of aromatic nitrogens is 3. The van der Waals surface area contributed by atoms with E-state index in [1.54, 1.807) is 12.5 Å². The van der Waals surface area contributed by atoms with Crippen molar-refractivity contribution in [1.82, 2.24) is 14.5 Å². The normalized spacial score (nSPS) is 33.5. The molecule has 0 unspecified atom stereocenters. The number of halogens is 1. The van der Waals surface area contributed by atoms with E-state index in [-0.39, 0.29) is 30.8 Å². The Labute approximate surface area is 136 Å². The van der Waals surface area contributed by atoms with E-state index in [1.165, 1.54) is 0 Å². The third kappa shape index (κ3) is 2.11. The van der Waals surface area contributed by atoms with Crippen LogP contribution in [0.3, 0.4) is 0 Å². The van der Waals surface area contributed by atoms with Gasteiger partial charge in [-0.15, -0.1) is 0 Å². The van der Waals surface area contributed by atoms with Crippen molar-refractivity contribution in [2.24, 2.45) is 5.92 Å². The molecule has 22 heavy (non-hydrogen) atoms. The van der Waals surface area contributed by atoms with Gasteiger partial charge in [0.05, 0.1) is 17.5 Å². The van der Waals surface area contributed by atoms with E-state index in [4.69, 9.17) is 9.47 Å². The molecule has 4 rings (SSSR count). The van der Waals surface area contributed by atoms with E-state index >= 15 is 0 Å². The number of ether oxygens (including phenoxy) is 2. The number of nitrogens with zero attached hydrogens (tertiary/aromatic N) is 3. The standard InChI is InChI=1S/C15H18BrN3O3/c1-15(2)21-12-8(6-20)3-11(13(12)22-15)19-5-10(16)9-4-17-7-18-14(9)19/h4-5,7-8,11-13,20H,3,6H2,1-2H3/t8-,11-,12-,13+/m1/s1. The maximum absolute atomic E-state index is 9.69. The summed E-state index contributed by atoms with van der Waals surface area (Å²) in [5, 5.41) is 10.7. The molecule has 6 nitrogen and oxygen atoms in total. The predicted molar refractivity (Wildman–Crippen MR) is 83.3 cm³/mol. The molecule has 3 heterocycles. The van der Waals surface area contributed by atoms with Crippen LogP contribution in [-0.2, 0) is 9.47 Å². The molecule has 1 saturated heterocycles. The van der Waals surface area contributed by atoms with Gasteiger partial charge in [0.2, 0.25) is 0 Å². The van der Waals surface area contributed by atoms with Crippen molar-refractivity contribution >= 4 is 27.0 Å². The van der Waals surface area contributed by atoms with Gasteiger partial charge in [-0.25, -0.2) is 9.97 Å². The molecule has 0 aromatic carbocycles. The summed E-state index contributed by atoms with van der Waals surface area (Å²) >= 11 is 3.57. The van der Waals surface area contributed by atoms with Crippen molar-refractivity contribution in [2.45, 2.75) is 44.3 Å². The average Bonchev–Trinajstić information content (AvgIpc) is 3.08. The molecule has 1 saturated carbocycles. The molecular formula is C15H18BrN3O3. The minimum atomic E-state index is -0.614. The van der Waals surface area contributed by atoms with Crippen LogP contribution in [0.15, 0.2) is 23.2 Å². The average molecular weight is 368 g/mol. The Balaban J connectivity index is 1.78. The second-order valence-corrected chi connectivity index (χ2v) is 7.31. The van der Waals surface area contributed by atoms with E-state index in [0.717, 1.165) is 21.9 Å². The summed E-state index contributed by atoms with van der Waals surface area (Å²) in [5.41, 5.74) is 0.873. The number of fused-ring (bicyclic) bond motifs is 2. The number of aliphatic hydroxyl groups is 1. The molecular weight excluding hydrogens is 350 g/mol. The van der Waals surface area contributed by atoms with Gasteiger partial charge in [-0.05, 0) is 36.2 Å². The van der Waals surface area contributed by atoms with Crippen LogP contribution in [-0.4, -0.2) is 44.2 Å². The number of hydrogen-bond acceptors (Lipinski definition) is 5. The van der Waals surface area contributed by atoms with Crippen LogP contribution in [0.2, 0.25) is 0 Å². The highest BCUT2D eigenvalue weighted by Gasteiger charge is 2.54. The molecule has 7 heteroatoms. The first kappa shape index (κ1) is 14.6. The zero-order valence-corrected chi connectivity index (χ0v) is 14.0. The van der Waals surface area contributed by atoms with E-state index in [9.17, 15) is 5.11 Å². The van der Waals surface area contributed by atoms with Gasteiger partial charge in [-0.3, -0.25) is 0 Å². The van der Waals surface area contributed by atoms with Crippen molar-refractivity contribution in [3.8, 4) is 0 Å². The first-order valence-electron chi connectivity index (χ1n) is 7.43. The highest BCUT2D eigenvalue weighted by molar-refractivity contribution is 9.10. The van der Waals surface area contributed by atoms with E-state index < -0.39 is 5.79 Å². The molecule has 1 aliphatic carbocycles. The summed E-state index contributed by atoms with van der Waals surface area (Å²) in [4.78, 5) is 8.49. The molecule has 1 aliphatic heterocycles. The lowest BCUT2D eigenvalue weighted by molar-refractivity contribution is -0.161. The topological polar surface area (TPSA) is 69.4 Å². The highest BCUT2D eigenvalue weighted by atomic mass is 79.9. The Hall–Kier alpha value is -1.02. The van der Waals surface area contributed by atoms with Crippen LogP contribution in [0.25, 0.3) is 11.0 Å². The fourth-order valence-corrected chi connectivity index (χ4v) is 4.21. The van der Waals surface area contributed by atoms with Crippen LogP contribution < -0.4 is 0 Å². The fourth-order valence-electron chi connectivity index (χ4n) is 3.71. The second-order valence-electron chi connectivity index (χ2n) is 6.45. The maximum Gasteiger partial charge on any atom is 0.163 e. The van der Waals surface area contributed by atoms with E-state index in [1.807, 2.05) is 20.0 Å². The first-order valence-corrected chi connectivity index (χ1v) is 8.22. The molecule has 0 spiro atoms. The van der Waals surface area contributed by atoms with Gasteiger partial charge >= 0.3 is 0 Å². The third-order valence-electron chi connectivity index (χ3n) is 4.59. The van der Waals surface area contributed by atoms with Gasteiger partial charge in [0, 0.05) is 29.4 Å². The summed E-state index contributed by atoms with van der Waals surface area (Å²) < 4.78 is 15.2. The van der Waals surface area contributed by atoms with Crippen LogP contribution in [0, 0.1) is 5.92 Å². The van der Waals surface area contributed by atoms with Crippen molar-refractivity contribution in [1.29, 1.82) is 0 Å². The summed E-state index contributed by atoms with van der Waals surface area (Å²) in [6, 6.07) is 0.0904. The number of hydrogen-bond donors (Lipinski definition) is 1. The smallest absolute Gasteiger partial charge is 0.163 e. The molecule has 2 fully saturated rings. The van der Waals surface area contributed by atoms with E-state index in [2.05, 4.69) is 30.5 Å². The van der Waals surface area contributed by atoms with Gasteiger partial charge in [-0.2, -0.15) is 0 Å². The molecule has 2 aromatic heterocycles. The van der Waals surface area contributed by atoms with Gasteiger partial charge < -0.3 is 19.1 Å². The largest absolute Gasteiger partial charge is 0.396 e. The fraction of sp³-hybridized carbons (Fsp3) is 0.600. The van der Waals surface area contributed by atoms with Gasteiger partial charge in [0.15, 0.2) is 5.79 Å². The minimum absolute atomic E-state index is 0.0786. The van der Waals surface area contributed by atoms with Crippen molar-refractivity contribution in [2.75, 3.05) is 6.61 Å².